The average Bonchev–Trinajstić information content (AvgIpc) is 2.08. The van der Waals surface area contributed by atoms with Gasteiger partial charge in [-0.05, 0) is 30.2 Å². The summed E-state index contributed by atoms with van der Waals surface area (Å²) in [7, 11) is 0. The Kier molecular flexibility index (Phi) is 6.61. The average molecular weight is 256 g/mol. The van der Waals surface area contributed by atoms with E-state index in [9.17, 15) is 12.9 Å². The molecule has 0 spiro atoms. The molecule has 0 saturated heterocycles. The zero-order valence-electron chi connectivity index (χ0n) is 9.43. The minimum absolute atomic E-state index is 0. The third kappa shape index (κ3) is 4.77. The minimum atomic E-state index is -4.83. The Balaban J connectivity index is 0.00000225. The van der Waals surface area contributed by atoms with E-state index in [-0.39, 0.29) is 63.5 Å². The molecule has 0 aliphatic rings. The summed E-state index contributed by atoms with van der Waals surface area (Å²) in [5.74, 6) is 0. The van der Waals surface area contributed by atoms with Crippen LogP contribution < -0.4 is 62.9 Å². The van der Waals surface area contributed by atoms with Gasteiger partial charge in [0.25, 0.3) is 0 Å². The van der Waals surface area contributed by atoms with Gasteiger partial charge in [0.2, 0.25) is 0 Å². The van der Waals surface area contributed by atoms with E-state index in [1.807, 2.05) is 0 Å². The molecule has 16 heavy (non-hydrogen) atoms. The normalized spacial score (nSPS) is 11.1. The largest absolute Gasteiger partial charge is 1.00 e. The summed E-state index contributed by atoms with van der Waals surface area (Å²) in [5, 5.41) is 0. The first-order valence-electron chi connectivity index (χ1n) is 4.62. The molecule has 0 bridgehead atoms. The van der Waals surface area contributed by atoms with Crippen molar-refractivity contribution < 1.29 is 64.3 Å². The number of hydrogen-bond acceptors (Lipinski definition) is 2. The van der Waals surface area contributed by atoms with E-state index in [0.29, 0.717) is 16.8 Å². The fraction of sp³-hybridized carbons (Fsp3) is 0.333. The third-order valence-corrected chi connectivity index (χ3v) is 2.32. The van der Waals surface area contributed by atoms with Crippen LogP contribution >= 0.6 is 0 Å². The van der Waals surface area contributed by atoms with Crippen molar-refractivity contribution in [3.8, 4) is 0 Å². The molecule has 0 heterocycles. The summed E-state index contributed by atoms with van der Waals surface area (Å²) >= 11 is 0. The summed E-state index contributed by atoms with van der Waals surface area (Å²) in [6.07, 6.45) is -0.899. The van der Waals surface area contributed by atoms with Crippen LogP contribution in [0.3, 0.4) is 0 Å². The number of rotatable bonds is 3. The molecule has 0 aliphatic heterocycles. The SMILES string of the molecule is Cc1c(CN)cc(N)cc1C[B-](F)(F)F.[K+]. The fourth-order valence-corrected chi connectivity index (χ4v) is 1.54. The molecule has 0 atom stereocenters. The zero-order valence-corrected chi connectivity index (χ0v) is 12.6. The van der Waals surface area contributed by atoms with Gasteiger partial charge < -0.3 is 24.4 Å². The smallest absolute Gasteiger partial charge is 0.449 e. The quantitative estimate of drug-likeness (QED) is 0.536. The molecule has 1 aromatic carbocycles. The molecule has 0 fully saturated rings. The van der Waals surface area contributed by atoms with Crippen molar-refractivity contribution in [3.63, 3.8) is 0 Å². The van der Waals surface area contributed by atoms with E-state index in [1.54, 1.807) is 13.0 Å². The second kappa shape index (κ2) is 6.42. The number of benzene rings is 1. The van der Waals surface area contributed by atoms with Crippen molar-refractivity contribution in [2.24, 2.45) is 5.73 Å². The Hall–Kier alpha value is 0.471. The van der Waals surface area contributed by atoms with E-state index in [4.69, 9.17) is 11.5 Å². The monoisotopic (exact) mass is 256 g/mol. The first kappa shape index (κ1) is 16.5. The molecule has 1 aromatic rings. The number of hydrogen-bond donors (Lipinski definition) is 2. The zero-order chi connectivity index (χ0) is 11.6. The van der Waals surface area contributed by atoms with Gasteiger partial charge in [0.15, 0.2) is 0 Å². The molecule has 0 aromatic heterocycles. The van der Waals surface area contributed by atoms with Crippen LogP contribution in [0.5, 0.6) is 0 Å². The van der Waals surface area contributed by atoms with Crippen LogP contribution in [0, 0.1) is 6.92 Å². The molecule has 2 nitrogen and oxygen atoms in total. The van der Waals surface area contributed by atoms with Crippen molar-refractivity contribution in [1.82, 2.24) is 0 Å². The molecule has 4 N–H and O–H groups in total. The first-order valence-corrected chi connectivity index (χ1v) is 4.62. The van der Waals surface area contributed by atoms with Gasteiger partial charge in [-0.1, -0.05) is 11.9 Å². The Morgan fingerprint density at radius 2 is 1.69 bits per heavy atom. The second-order valence-electron chi connectivity index (χ2n) is 3.58. The maximum Gasteiger partial charge on any atom is 1.00 e. The van der Waals surface area contributed by atoms with Crippen LogP contribution in [-0.2, 0) is 12.9 Å². The minimum Gasteiger partial charge on any atom is -0.449 e. The summed E-state index contributed by atoms with van der Waals surface area (Å²) in [6.45, 7) is -2.99. The number of nitrogens with two attached hydrogens (primary N) is 2. The predicted octanol–water partition coefficient (Wildman–Crippen LogP) is -1.03. The molecule has 84 valence electrons. The summed E-state index contributed by atoms with van der Waals surface area (Å²) in [4.78, 5) is 0. The number of anilines is 1. The van der Waals surface area contributed by atoms with Crippen molar-refractivity contribution in [2.75, 3.05) is 5.73 Å². The molecule has 0 aliphatic carbocycles. The van der Waals surface area contributed by atoms with Crippen molar-refractivity contribution in [2.45, 2.75) is 19.8 Å². The van der Waals surface area contributed by atoms with Gasteiger partial charge in [0.05, 0.1) is 0 Å². The Morgan fingerprint density at radius 3 is 2.12 bits per heavy atom. The standard InChI is InChI=1S/C9H13BF3N2.K/c1-6-7(4-10(11,12)13)2-9(15)3-8(6)5-14;/h2-3H,4-5,14-15H2,1H3;/q-1;+1. The maximum absolute atomic E-state index is 12.3. The third-order valence-electron chi connectivity index (χ3n) is 2.32. The Bertz CT molecular complexity index is 369. The van der Waals surface area contributed by atoms with Gasteiger partial charge in [-0.15, -0.1) is 0 Å². The van der Waals surface area contributed by atoms with Crippen molar-refractivity contribution in [3.05, 3.63) is 28.8 Å². The molecular formula is C9H13BF3KN2. The number of halogens is 3. The Labute approximate surface area is 135 Å². The summed E-state index contributed by atoms with van der Waals surface area (Å²) < 4.78 is 36.8. The molecule has 0 amide bonds. The molecule has 7 heteroatoms. The van der Waals surface area contributed by atoms with Crippen LogP contribution in [0.1, 0.15) is 16.7 Å². The van der Waals surface area contributed by atoms with Gasteiger partial charge in [-0.25, -0.2) is 0 Å². The molecule has 0 unspecified atom stereocenters. The van der Waals surface area contributed by atoms with Crippen LogP contribution in [0.25, 0.3) is 0 Å². The van der Waals surface area contributed by atoms with Gasteiger partial charge in [0.1, 0.15) is 0 Å². The van der Waals surface area contributed by atoms with E-state index < -0.39 is 13.3 Å². The van der Waals surface area contributed by atoms with Gasteiger partial charge >= 0.3 is 58.4 Å². The van der Waals surface area contributed by atoms with Crippen molar-refractivity contribution >= 4 is 12.7 Å². The fourth-order valence-electron chi connectivity index (χ4n) is 1.54. The maximum atomic E-state index is 12.3. The van der Waals surface area contributed by atoms with Gasteiger partial charge in [-0.3, -0.25) is 0 Å². The van der Waals surface area contributed by atoms with E-state index in [1.165, 1.54) is 6.07 Å². The Morgan fingerprint density at radius 1 is 1.19 bits per heavy atom. The van der Waals surface area contributed by atoms with Crippen LogP contribution in [0.2, 0.25) is 0 Å². The van der Waals surface area contributed by atoms with E-state index in [0.717, 1.165) is 0 Å². The van der Waals surface area contributed by atoms with Crippen LogP contribution in [0.4, 0.5) is 18.6 Å². The van der Waals surface area contributed by atoms with Crippen LogP contribution in [0.15, 0.2) is 12.1 Å². The molecular weight excluding hydrogens is 243 g/mol. The molecule has 0 saturated carbocycles. The second-order valence-corrected chi connectivity index (χ2v) is 3.58. The van der Waals surface area contributed by atoms with E-state index >= 15 is 0 Å². The summed E-state index contributed by atoms with van der Waals surface area (Å²) in [5.41, 5.74) is 12.7. The van der Waals surface area contributed by atoms with Crippen LogP contribution in [-0.4, -0.2) is 6.98 Å². The van der Waals surface area contributed by atoms with E-state index in [2.05, 4.69) is 0 Å². The molecule has 1 rings (SSSR count). The molecule has 0 radical (unpaired) electrons. The topological polar surface area (TPSA) is 52.0 Å². The summed E-state index contributed by atoms with van der Waals surface area (Å²) in [6, 6.07) is 2.98. The first-order chi connectivity index (χ1) is 6.83. The van der Waals surface area contributed by atoms with Gasteiger partial charge in [-0.2, -0.15) is 0 Å². The van der Waals surface area contributed by atoms with Gasteiger partial charge in [0, 0.05) is 12.2 Å². The van der Waals surface area contributed by atoms with Crippen molar-refractivity contribution in [1.29, 1.82) is 0 Å². The number of nitrogen functional groups attached to an aromatic ring is 1. The predicted molar refractivity (Wildman–Crippen MR) is 56.3 cm³/mol.